The number of hydrogen-bond donors (Lipinski definition) is 1. The van der Waals surface area contributed by atoms with Gasteiger partial charge in [0.25, 0.3) is 0 Å². The first-order valence-corrected chi connectivity index (χ1v) is 9.96. The normalized spacial score (nSPS) is 11.6. The molecule has 0 saturated heterocycles. The molecule has 8 heteroatoms. The van der Waals surface area contributed by atoms with E-state index in [4.69, 9.17) is 13.0 Å². The molecule has 0 radical (unpaired) electrons. The van der Waals surface area contributed by atoms with Crippen LogP contribution in [0.25, 0.3) is 11.1 Å². The second-order valence-electron chi connectivity index (χ2n) is 5.16. The van der Waals surface area contributed by atoms with Crippen LogP contribution < -0.4 is 0 Å². The molecule has 138 valence electrons. The lowest BCUT2D eigenvalue weighted by Gasteiger charge is -2.11. The maximum atomic E-state index is 10.7. The molecular weight excluding hydrogens is 468 g/mol. The standard InChI is InChI=1S/C16H17I.CHF3O3S/c1-2-3-8-13-11-7-12-15(17)16(13)14-9-5-4-6-10-14;2-1(3,4)8(5,6)7/h4-7,9-12H,2-3,8H2,1H3;(H,5,6,7). The summed E-state index contributed by atoms with van der Waals surface area (Å²) in [7, 11) is -5.84. The molecule has 0 spiro atoms. The van der Waals surface area contributed by atoms with Crippen molar-refractivity contribution in [3.05, 3.63) is 57.7 Å². The van der Waals surface area contributed by atoms with Crippen LogP contribution in [0.1, 0.15) is 25.3 Å². The van der Waals surface area contributed by atoms with Gasteiger partial charge in [-0.1, -0.05) is 55.8 Å². The van der Waals surface area contributed by atoms with Crippen LogP contribution >= 0.6 is 22.6 Å². The van der Waals surface area contributed by atoms with E-state index in [2.05, 4.69) is 78.0 Å². The number of alkyl halides is 3. The van der Waals surface area contributed by atoms with Gasteiger partial charge < -0.3 is 0 Å². The van der Waals surface area contributed by atoms with Crippen LogP contribution in [0.5, 0.6) is 0 Å². The highest BCUT2D eigenvalue weighted by molar-refractivity contribution is 14.1. The molecule has 2 rings (SSSR count). The molecule has 0 atom stereocenters. The summed E-state index contributed by atoms with van der Waals surface area (Å²) in [5, 5.41) is 0. The number of halogens is 4. The highest BCUT2D eigenvalue weighted by Gasteiger charge is 2.44. The van der Waals surface area contributed by atoms with Gasteiger partial charge in [0.1, 0.15) is 0 Å². The molecule has 0 aliphatic carbocycles. The van der Waals surface area contributed by atoms with E-state index < -0.39 is 15.6 Å². The van der Waals surface area contributed by atoms with Crippen LogP contribution in [-0.2, 0) is 16.5 Å². The van der Waals surface area contributed by atoms with Crippen molar-refractivity contribution in [1.82, 2.24) is 0 Å². The highest BCUT2D eigenvalue weighted by Crippen LogP contribution is 2.29. The summed E-state index contributed by atoms with van der Waals surface area (Å²) in [5.41, 5.74) is -1.30. The molecule has 3 nitrogen and oxygen atoms in total. The minimum atomic E-state index is -5.84. The van der Waals surface area contributed by atoms with Gasteiger partial charge >= 0.3 is 15.6 Å². The van der Waals surface area contributed by atoms with Gasteiger partial charge in [0.2, 0.25) is 0 Å². The Hall–Kier alpha value is -1.13. The van der Waals surface area contributed by atoms with Crippen molar-refractivity contribution in [2.24, 2.45) is 0 Å². The summed E-state index contributed by atoms with van der Waals surface area (Å²) in [4.78, 5) is 0. The number of benzene rings is 2. The van der Waals surface area contributed by atoms with Crippen LogP contribution in [0.3, 0.4) is 0 Å². The molecule has 0 unspecified atom stereocenters. The Morgan fingerprint density at radius 3 is 2.08 bits per heavy atom. The summed E-state index contributed by atoms with van der Waals surface area (Å²) in [5.74, 6) is 0. The highest BCUT2D eigenvalue weighted by atomic mass is 127. The van der Waals surface area contributed by atoms with Gasteiger partial charge in [0.05, 0.1) is 0 Å². The Kier molecular flexibility index (Phi) is 8.36. The molecule has 2 aromatic rings. The Bertz CT molecular complexity index is 775. The Balaban J connectivity index is 0.000000333. The third-order valence-corrected chi connectivity index (χ3v) is 4.74. The quantitative estimate of drug-likeness (QED) is 0.343. The summed E-state index contributed by atoms with van der Waals surface area (Å²) >= 11 is 2.44. The van der Waals surface area contributed by atoms with Crippen LogP contribution in [-0.4, -0.2) is 18.5 Å². The number of aryl methyl sites for hydroxylation is 1. The zero-order valence-corrected chi connectivity index (χ0v) is 16.4. The fourth-order valence-electron chi connectivity index (χ4n) is 2.07. The molecule has 2 aromatic carbocycles. The Morgan fingerprint density at radius 1 is 1.04 bits per heavy atom. The van der Waals surface area contributed by atoms with Crippen LogP contribution in [0.2, 0.25) is 0 Å². The molecule has 1 N–H and O–H groups in total. The summed E-state index contributed by atoms with van der Waals surface area (Å²) in [6, 6.07) is 17.3. The lowest BCUT2D eigenvalue weighted by molar-refractivity contribution is -0.0510. The van der Waals surface area contributed by atoms with Gasteiger partial charge in [-0.15, -0.1) is 0 Å². The van der Waals surface area contributed by atoms with Gasteiger partial charge in [0.15, 0.2) is 0 Å². The van der Waals surface area contributed by atoms with Crippen molar-refractivity contribution < 1.29 is 26.1 Å². The number of hydrogen-bond acceptors (Lipinski definition) is 2. The fraction of sp³-hybridized carbons (Fsp3) is 0.294. The van der Waals surface area contributed by atoms with E-state index in [0.717, 1.165) is 0 Å². The van der Waals surface area contributed by atoms with Crippen molar-refractivity contribution in [1.29, 1.82) is 0 Å². The minimum absolute atomic E-state index is 1.18. The predicted octanol–water partition coefficient (Wildman–Crippen LogP) is 5.69. The fourth-order valence-corrected chi connectivity index (χ4v) is 2.94. The van der Waals surface area contributed by atoms with Crippen molar-refractivity contribution in [2.75, 3.05) is 0 Å². The van der Waals surface area contributed by atoms with Crippen LogP contribution in [0, 0.1) is 3.57 Å². The van der Waals surface area contributed by atoms with E-state index >= 15 is 0 Å². The molecule has 0 saturated carbocycles. The lowest BCUT2D eigenvalue weighted by atomic mass is 9.96. The molecule has 0 aliphatic heterocycles. The summed E-state index contributed by atoms with van der Waals surface area (Å²) in [6.45, 7) is 2.25. The molecular formula is C17H18F3IO3S. The smallest absolute Gasteiger partial charge is 0.279 e. The van der Waals surface area contributed by atoms with E-state index in [1.807, 2.05) is 0 Å². The minimum Gasteiger partial charge on any atom is -0.279 e. The molecule has 0 amide bonds. The molecule has 0 aromatic heterocycles. The van der Waals surface area contributed by atoms with E-state index in [9.17, 15) is 13.2 Å². The first-order chi connectivity index (χ1) is 11.6. The largest absolute Gasteiger partial charge is 0.522 e. The SMILES string of the molecule is CCCCc1cccc(I)c1-c1ccccc1.O=S(=O)(O)C(F)(F)F. The predicted molar refractivity (Wildman–Crippen MR) is 101 cm³/mol. The van der Waals surface area contributed by atoms with Gasteiger partial charge in [0, 0.05) is 3.57 Å². The molecule has 0 bridgehead atoms. The van der Waals surface area contributed by atoms with Crippen LogP contribution in [0.15, 0.2) is 48.5 Å². The zero-order valence-electron chi connectivity index (χ0n) is 13.4. The third-order valence-electron chi connectivity index (χ3n) is 3.25. The van der Waals surface area contributed by atoms with Crippen molar-refractivity contribution in [3.8, 4) is 11.1 Å². The Labute approximate surface area is 159 Å². The van der Waals surface area contributed by atoms with Gasteiger partial charge in [-0.05, 0) is 58.2 Å². The maximum absolute atomic E-state index is 10.7. The van der Waals surface area contributed by atoms with E-state index in [-0.39, 0.29) is 0 Å². The average Bonchev–Trinajstić information content (AvgIpc) is 2.52. The average molecular weight is 486 g/mol. The molecule has 0 aliphatic rings. The Morgan fingerprint density at radius 2 is 1.60 bits per heavy atom. The third kappa shape index (κ3) is 6.95. The number of unbranched alkanes of at least 4 members (excludes halogenated alkanes) is 1. The summed E-state index contributed by atoms with van der Waals surface area (Å²) in [6.07, 6.45) is 3.69. The summed E-state index contributed by atoms with van der Waals surface area (Å²) < 4.78 is 58.9. The van der Waals surface area contributed by atoms with E-state index in [0.29, 0.717) is 0 Å². The molecule has 0 heterocycles. The van der Waals surface area contributed by atoms with Crippen molar-refractivity contribution >= 4 is 32.7 Å². The topological polar surface area (TPSA) is 54.4 Å². The number of rotatable bonds is 4. The van der Waals surface area contributed by atoms with Crippen molar-refractivity contribution in [3.63, 3.8) is 0 Å². The van der Waals surface area contributed by atoms with Crippen molar-refractivity contribution in [2.45, 2.75) is 31.7 Å². The second-order valence-corrected chi connectivity index (χ2v) is 7.74. The van der Waals surface area contributed by atoms with E-state index in [1.54, 1.807) is 0 Å². The molecule has 0 fully saturated rings. The van der Waals surface area contributed by atoms with E-state index in [1.165, 1.54) is 39.5 Å². The van der Waals surface area contributed by atoms with Gasteiger partial charge in [-0.25, -0.2) is 0 Å². The maximum Gasteiger partial charge on any atom is 0.522 e. The van der Waals surface area contributed by atoms with Crippen LogP contribution in [0.4, 0.5) is 13.2 Å². The van der Waals surface area contributed by atoms with Gasteiger partial charge in [-0.3, -0.25) is 4.55 Å². The first-order valence-electron chi connectivity index (χ1n) is 7.44. The lowest BCUT2D eigenvalue weighted by Crippen LogP contribution is -2.21. The van der Waals surface area contributed by atoms with Gasteiger partial charge in [-0.2, -0.15) is 21.6 Å². The second kappa shape index (κ2) is 9.54. The molecule has 25 heavy (non-hydrogen) atoms. The zero-order chi connectivity index (χ0) is 19.1. The monoisotopic (exact) mass is 486 g/mol. The first kappa shape index (κ1) is 21.9.